The van der Waals surface area contributed by atoms with Crippen molar-refractivity contribution in [3.63, 3.8) is 0 Å². The van der Waals surface area contributed by atoms with Crippen LogP contribution >= 0.6 is 0 Å². The normalized spacial score (nSPS) is 10.9. The van der Waals surface area contributed by atoms with Crippen LogP contribution in [0.3, 0.4) is 0 Å². The maximum absolute atomic E-state index is 12.5. The monoisotopic (exact) mass is 412 g/mol. The lowest BCUT2D eigenvalue weighted by Gasteiger charge is -2.27. The molecule has 31 heavy (non-hydrogen) atoms. The van der Waals surface area contributed by atoms with E-state index in [2.05, 4.69) is 60.0 Å². The standard InChI is InChI=1S/C27H28N2O2/c1-3-28(4-2)23-15-16-24-25(18-27(30)31-26(24)17-23)29(19-21-11-7-5-8-12-21)20-22-13-9-6-10-14-22/h5-18H,3-4,19-20H2,1-2H3. The van der Waals surface area contributed by atoms with Gasteiger partial charge in [0.05, 0.1) is 5.69 Å². The van der Waals surface area contributed by atoms with Gasteiger partial charge in [0.2, 0.25) is 0 Å². The van der Waals surface area contributed by atoms with Crippen LogP contribution in [0.2, 0.25) is 0 Å². The average molecular weight is 413 g/mol. The van der Waals surface area contributed by atoms with Crippen LogP contribution in [-0.2, 0) is 13.1 Å². The van der Waals surface area contributed by atoms with Gasteiger partial charge in [0.25, 0.3) is 0 Å². The SMILES string of the molecule is CCN(CC)c1ccc2c(N(Cc3ccccc3)Cc3ccccc3)cc(=O)oc2c1. The summed E-state index contributed by atoms with van der Waals surface area (Å²) in [6, 6.07) is 28.5. The van der Waals surface area contributed by atoms with E-state index in [1.807, 2.05) is 42.5 Å². The molecule has 4 rings (SSSR count). The molecule has 0 unspecified atom stereocenters. The molecule has 4 heteroatoms. The molecule has 0 amide bonds. The number of fused-ring (bicyclic) bond motifs is 1. The number of benzene rings is 3. The molecule has 158 valence electrons. The van der Waals surface area contributed by atoms with Crippen molar-refractivity contribution >= 4 is 22.3 Å². The average Bonchev–Trinajstić information content (AvgIpc) is 2.80. The molecule has 0 radical (unpaired) electrons. The van der Waals surface area contributed by atoms with Crippen molar-refractivity contribution < 1.29 is 4.42 Å². The zero-order valence-electron chi connectivity index (χ0n) is 18.1. The lowest BCUT2D eigenvalue weighted by molar-refractivity contribution is 0.560. The number of hydrogen-bond donors (Lipinski definition) is 0. The van der Waals surface area contributed by atoms with E-state index in [0.29, 0.717) is 18.7 Å². The summed E-state index contributed by atoms with van der Waals surface area (Å²) in [6.45, 7) is 7.46. The predicted molar refractivity (Wildman–Crippen MR) is 129 cm³/mol. The Bertz CT molecular complexity index is 1140. The predicted octanol–water partition coefficient (Wildman–Crippen LogP) is 5.85. The van der Waals surface area contributed by atoms with Crippen LogP contribution in [0.25, 0.3) is 11.0 Å². The van der Waals surface area contributed by atoms with Gasteiger partial charge < -0.3 is 14.2 Å². The smallest absolute Gasteiger partial charge is 0.338 e. The lowest BCUT2D eigenvalue weighted by Crippen LogP contribution is -2.24. The Kier molecular flexibility index (Phi) is 6.37. The Morgan fingerprint density at radius 2 is 1.29 bits per heavy atom. The van der Waals surface area contributed by atoms with Crippen molar-refractivity contribution in [3.05, 3.63) is 106 Å². The van der Waals surface area contributed by atoms with Crippen molar-refractivity contribution in [3.8, 4) is 0 Å². The second-order valence-electron chi connectivity index (χ2n) is 7.63. The summed E-state index contributed by atoms with van der Waals surface area (Å²) in [5.74, 6) is 0. The van der Waals surface area contributed by atoms with Gasteiger partial charge in [-0.15, -0.1) is 0 Å². The van der Waals surface area contributed by atoms with Gasteiger partial charge >= 0.3 is 5.63 Å². The van der Waals surface area contributed by atoms with Crippen LogP contribution in [-0.4, -0.2) is 13.1 Å². The highest BCUT2D eigenvalue weighted by atomic mass is 16.4. The summed E-state index contributed by atoms with van der Waals surface area (Å²) >= 11 is 0. The third kappa shape index (κ3) is 4.80. The van der Waals surface area contributed by atoms with Gasteiger partial charge in [0, 0.05) is 49.4 Å². The number of rotatable bonds is 8. The first-order chi connectivity index (χ1) is 15.2. The molecular weight excluding hydrogens is 384 g/mol. The van der Waals surface area contributed by atoms with Gasteiger partial charge in [-0.2, -0.15) is 0 Å². The van der Waals surface area contributed by atoms with Crippen molar-refractivity contribution in [2.75, 3.05) is 22.9 Å². The molecule has 0 spiro atoms. The molecule has 3 aromatic carbocycles. The Morgan fingerprint density at radius 1 is 0.710 bits per heavy atom. The summed E-state index contributed by atoms with van der Waals surface area (Å²) in [7, 11) is 0. The molecule has 4 aromatic rings. The third-order valence-corrected chi connectivity index (χ3v) is 5.61. The summed E-state index contributed by atoms with van der Waals surface area (Å²) in [6.07, 6.45) is 0. The van der Waals surface area contributed by atoms with E-state index in [-0.39, 0.29) is 5.63 Å². The van der Waals surface area contributed by atoms with Gasteiger partial charge in [-0.3, -0.25) is 0 Å². The van der Waals surface area contributed by atoms with E-state index in [1.165, 1.54) is 11.1 Å². The van der Waals surface area contributed by atoms with E-state index >= 15 is 0 Å². The fourth-order valence-corrected chi connectivity index (χ4v) is 4.02. The summed E-state index contributed by atoms with van der Waals surface area (Å²) < 4.78 is 5.62. The first-order valence-electron chi connectivity index (χ1n) is 10.8. The minimum Gasteiger partial charge on any atom is -0.423 e. The second kappa shape index (κ2) is 9.52. The fourth-order valence-electron chi connectivity index (χ4n) is 4.02. The first kappa shape index (κ1) is 20.7. The van der Waals surface area contributed by atoms with Crippen LogP contribution in [0, 0.1) is 0 Å². The maximum Gasteiger partial charge on any atom is 0.338 e. The highest BCUT2D eigenvalue weighted by Gasteiger charge is 2.16. The number of anilines is 2. The van der Waals surface area contributed by atoms with Crippen LogP contribution in [0.15, 0.2) is 94.1 Å². The fraction of sp³-hybridized carbons (Fsp3) is 0.222. The summed E-state index contributed by atoms with van der Waals surface area (Å²) in [5, 5.41) is 0.947. The Morgan fingerprint density at radius 3 is 1.84 bits per heavy atom. The van der Waals surface area contributed by atoms with Gasteiger partial charge in [-0.05, 0) is 37.1 Å². The van der Waals surface area contributed by atoms with Gasteiger partial charge in [0.15, 0.2) is 0 Å². The van der Waals surface area contributed by atoms with Crippen LogP contribution in [0.5, 0.6) is 0 Å². The molecule has 1 aromatic heterocycles. The van der Waals surface area contributed by atoms with Crippen molar-refractivity contribution in [1.29, 1.82) is 0 Å². The van der Waals surface area contributed by atoms with Crippen molar-refractivity contribution in [2.24, 2.45) is 0 Å². The molecule has 0 bridgehead atoms. The Labute approximate surface area is 183 Å². The minimum absolute atomic E-state index is 0.328. The lowest BCUT2D eigenvalue weighted by atomic mass is 10.1. The largest absolute Gasteiger partial charge is 0.423 e. The molecule has 0 aliphatic rings. The van der Waals surface area contributed by atoms with Gasteiger partial charge in [-0.25, -0.2) is 4.79 Å². The number of hydrogen-bond acceptors (Lipinski definition) is 4. The van der Waals surface area contributed by atoms with E-state index < -0.39 is 0 Å². The Balaban J connectivity index is 1.80. The zero-order valence-corrected chi connectivity index (χ0v) is 18.1. The molecular formula is C27H28N2O2. The molecule has 1 heterocycles. The molecule has 0 atom stereocenters. The van der Waals surface area contributed by atoms with Gasteiger partial charge in [0.1, 0.15) is 5.58 Å². The molecule has 0 saturated carbocycles. The van der Waals surface area contributed by atoms with Crippen LogP contribution < -0.4 is 15.4 Å². The molecule has 0 fully saturated rings. The van der Waals surface area contributed by atoms with Crippen molar-refractivity contribution in [2.45, 2.75) is 26.9 Å². The zero-order chi connectivity index (χ0) is 21.6. The number of nitrogens with zero attached hydrogens (tertiary/aromatic N) is 2. The quantitative estimate of drug-likeness (QED) is 0.340. The molecule has 0 aliphatic heterocycles. The Hall–Kier alpha value is -3.53. The highest BCUT2D eigenvalue weighted by Crippen LogP contribution is 2.31. The first-order valence-corrected chi connectivity index (χ1v) is 10.8. The topological polar surface area (TPSA) is 36.7 Å². The second-order valence-corrected chi connectivity index (χ2v) is 7.63. The molecule has 0 N–H and O–H groups in total. The maximum atomic E-state index is 12.5. The van der Waals surface area contributed by atoms with E-state index in [1.54, 1.807) is 6.07 Å². The third-order valence-electron chi connectivity index (χ3n) is 5.61. The van der Waals surface area contributed by atoms with E-state index in [9.17, 15) is 4.79 Å². The van der Waals surface area contributed by atoms with Crippen LogP contribution in [0.4, 0.5) is 11.4 Å². The molecule has 0 saturated heterocycles. The molecule has 4 nitrogen and oxygen atoms in total. The van der Waals surface area contributed by atoms with Crippen LogP contribution in [0.1, 0.15) is 25.0 Å². The summed E-state index contributed by atoms with van der Waals surface area (Å²) in [4.78, 5) is 17.0. The molecule has 0 aliphatic carbocycles. The van der Waals surface area contributed by atoms with Crippen molar-refractivity contribution in [1.82, 2.24) is 0 Å². The summed E-state index contributed by atoms with van der Waals surface area (Å²) in [5.41, 5.74) is 4.64. The van der Waals surface area contributed by atoms with Gasteiger partial charge in [-0.1, -0.05) is 60.7 Å². The van der Waals surface area contributed by atoms with E-state index in [0.717, 1.165) is 29.9 Å². The minimum atomic E-state index is -0.328. The highest BCUT2D eigenvalue weighted by molar-refractivity contribution is 5.92. The van der Waals surface area contributed by atoms with E-state index in [4.69, 9.17) is 4.42 Å².